The van der Waals surface area contributed by atoms with E-state index in [1.165, 1.54) is 0 Å². The first kappa shape index (κ1) is 20.8. The number of carbonyl (C=O) groups excluding carboxylic acids is 3. The van der Waals surface area contributed by atoms with Gasteiger partial charge in [-0.3, -0.25) is 4.79 Å². The van der Waals surface area contributed by atoms with Crippen LogP contribution >= 0.6 is 11.8 Å². The molecule has 1 aliphatic heterocycles. The third-order valence-electron chi connectivity index (χ3n) is 3.84. The van der Waals surface area contributed by atoms with Crippen LogP contribution in [0.5, 0.6) is 0 Å². The van der Waals surface area contributed by atoms with E-state index in [1.54, 1.807) is 18.7 Å². The first-order valence-electron chi connectivity index (χ1n) is 8.86. The van der Waals surface area contributed by atoms with Crippen molar-refractivity contribution in [1.82, 2.24) is 10.6 Å². The van der Waals surface area contributed by atoms with E-state index >= 15 is 0 Å². The summed E-state index contributed by atoms with van der Waals surface area (Å²) in [5.41, 5.74) is 0.568. The van der Waals surface area contributed by atoms with E-state index in [1.807, 2.05) is 37.3 Å². The maximum atomic E-state index is 12.2. The van der Waals surface area contributed by atoms with Gasteiger partial charge in [-0.05, 0) is 25.5 Å². The first-order chi connectivity index (χ1) is 13.0. The zero-order valence-electron chi connectivity index (χ0n) is 15.4. The summed E-state index contributed by atoms with van der Waals surface area (Å²) in [6.45, 7) is 3.60. The van der Waals surface area contributed by atoms with Crippen molar-refractivity contribution in [2.24, 2.45) is 0 Å². The minimum atomic E-state index is -0.525. The van der Waals surface area contributed by atoms with E-state index in [9.17, 15) is 14.4 Å². The van der Waals surface area contributed by atoms with Crippen LogP contribution in [0.3, 0.4) is 0 Å². The molecule has 0 saturated carbocycles. The average molecular weight is 392 g/mol. The molecule has 0 saturated heterocycles. The summed E-state index contributed by atoms with van der Waals surface area (Å²) in [4.78, 5) is 37.1. The minimum absolute atomic E-state index is 0.174. The Bertz CT molecular complexity index is 705. The van der Waals surface area contributed by atoms with Crippen molar-refractivity contribution < 1.29 is 23.9 Å². The van der Waals surface area contributed by atoms with Gasteiger partial charge in [-0.1, -0.05) is 25.1 Å². The predicted molar refractivity (Wildman–Crippen MR) is 102 cm³/mol. The summed E-state index contributed by atoms with van der Waals surface area (Å²) in [6.07, 6.45) is 0.748. The highest BCUT2D eigenvalue weighted by Crippen LogP contribution is 2.19. The van der Waals surface area contributed by atoms with Gasteiger partial charge in [0.1, 0.15) is 6.61 Å². The van der Waals surface area contributed by atoms with Crippen LogP contribution in [0, 0.1) is 0 Å². The number of benzene rings is 1. The van der Waals surface area contributed by atoms with Crippen LogP contribution in [0.2, 0.25) is 0 Å². The fourth-order valence-electron chi connectivity index (χ4n) is 2.57. The van der Waals surface area contributed by atoms with E-state index in [0.29, 0.717) is 17.7 Å². The highest BCUT2D eigenvalue weighted by molar-refractivity contribution is 7.99. The first-order valence-corrected chi connectivity index (χ1v) is 9.84. The van der Waals surface area contributed by atoms with Gasteiger partial charge in [-0.2, -0.15) is 0 Å². The second-order valence-electron chi connectivity index (χ2n) is 5.74. The Kier molecular flexibility index (Phi) is 8.19. The molecule has 0 unspecified atom stereocenters. The topological polar surface area (TPSA) is 93.7 Å². The van der Waals surface area contributed by atoms with Crippen LogP contribution in [0.1, 0.15) is 26.7 Å². The lowest BCUT2D eigenvalue weighted by Crippen LogP contribution is -2.51. The van der Waals surface area contributed by atoms with E-state index in [0.717, 1.165) is 4.90 Å². The summed E-state index contributed by atoms with van der Waals surface area (Å²) in [7, 11) is 0. The molecule has 1 heterocycles. The second-order valence-corrected chi connectivity index (χ2v) is 6.91. The van der Waals surface area contributed by atoms with Crippen molar-refractivity contribution in [2.45, 2.75) is 37.6 Å². The molecule has 0 radical (unpaired) electrons. The lowest BCUT2D eigenvalue weighted by atomic mass is 10.0. The molecule has 0 aliphatic carbocycles. The quantitative estimate of drug-likeness (QED) is 0.496. The molecule has 0 spiro atoms. The van der Waals surface area contributed by atoms with Crippen molar-refractivity contribution in [3.8, 4) is 0 Å². The molecule has 2 amide bonds. The fraction of sp³-hybridized carbons (Fsp3) is 0.421. The van der Waals surface area contributed by atoms with Gasteiger partial charge in [0.2, 0.25) is 0 Å². The monoisotopic (exact) mass is 392 g/mol. The highest BCUT2D eigenvalue weighted by Gasteiger charge is 2.31. The largest absolute Gasteiger partial charge is 0.463 e. The standard InChI is InChI=1S/C19H24N2O5S/c1-3-14-17(18(23)25-4-2)15(21-19(24)20-14)12-26-16(22)10-11-27-13-8-6-5-7-9-13/h5-9,14H,3-4,10-12H2,1-2H3,(H2,20,21,24)/t14-/m1/s1. The Morgan fingerprint density at radius 1 is 1.15 bits per heavy atom. The van der Waals surface area contributed by atoms with Gasteiger partial charge < -0.3 is 20.1 Å². The third kappa shape index (κ3) is 6.32. The molecular formula is C19H24N2O5S. The minimum Gasteiger partial charge on any atom is -0.463 e. The Balaban J connectivity index is 1.94. The number of nitrogens with one attached hydrogen (secondary N) is 2. The normalized spacial score (nSPS) is 16.4. The molecule has 2 N–H and O–H groups in total. The van der Waals surface area contributed by atoms with Gasteiger partial charge in [0.25, 0.3) is 0 Å². The number of amides is 2. The molecule has 2 rings (SSSR count). The predicted octanol–water partition coefficient (Wildman–Crippen LogP) is 2.62. The van der Waals surface area contributed by atoms with Gasteiger partial charge in [0.05, 0.1) is 30.3 Å². The third-order valence-corrected chi connectivity index (χ3v) is 4.86. The summed E-state index contributed by atoms with van der Waals surface area (Å²) in [5.74, 6) is -0.338. The zero-order valence-corrected chi connectivity index (χ0v) is 16.3. The molecule has 0 bridgehead atoms. The molecule has 27 heavy (non-hydrogen) atoms. The molecule has 1 aromatic carbocycles. The fourth-order valence-corrected chi connectivity index (χ4v) is 3.42. The molecular weight excluding hydrogens is 368 g/mol. The van der Waals surface area contributed by atoms with Crippen LogP contribution < -0.4 is 10.6 Å². The lowest BCUT2D eigenvalue weighted by molar-refractivity contribution is -0.143. The second kappa shape index (κ2) is 10.6. The molecule has 0 aromatic heterocycles. The Labute approximate surface area is 162 Å². The Morgan fingerprint density at radius 2 is 1.89 bits per heavy atom. The van der Waals surface area contributed by atoms with Crippen molar-refractivity contribution >= 4 is 29.7 Å². The molecule has 7 nitrogen and oxygen atoms in total. The average Bonchev–Trinajstić information content (AvgIpc) is 2.66. The summed E-state index contributed by atoms with van der Waals surface area (Å²) in [6, 6.07) is 8.86. The number of thioether (sulfide) groups is 1. The molecule has 1 aliphatic rings. The SMILES string of the molecule is CCOC(=O)C1=C(COC(=O)CCSc2ccccc2)NC(=O)N[C@@H]1CC. The van der Waals surface area contributed by atoms with Crippen LogP contribution in [-0.2, 0) is 19.1 Å². The maximum absolute atomic E-state index is 12.2. The molecule has 1 aromatic rings. The van der Waals surface area contributed by atoms with Gasteiger partial charge >= 0.3 is 18.0 Å². The number of carbonyl (C=O) groups is 3. The summed E-state index contributed by atoms with van der Waals surface area (Å²) < 4.78 is 10.3. The number of hydrogen-bond donors (Lipinski definition) is 2. The molecule has 0 fully saturated rings. The zero-order chi connectivity index (χ0) is 19.6. The van der Waals surface area contributed by atoms with E-state index in [-0.39, 0.29) is 25.3 Å². The van der Waals surface area contributed by atoms with E-state index in [4.69, 9.17) is 9.47 Å². The summed E-state index contributed by atoms with van der Waals surface area (Å²) in [5, 5.41) is 5.23. The highest BCUT2D eigenvalue weighted by atomic mass is 32.2. The van der Waals surface area contributed by atoms with E-state index in [2.05, 4.69) is 10.6 Å². The Hall–Kier alpha value is -2.48. The molecule has 146 valence electrons. The maximum Gasteiger partial charge on any atom is 0.338 e. The number of rotatable bonds is 9. The molecule has 1 atom stereocenters. The smallest absolute Gasteiger partial charge is 0.338 e. The van der Waals surface area contributed by atoms with E-state index < -0.39 is 24.0 Å². The van der Waals surface area contributed by atoms with Gasteiger partial charge in [0, 0.05) is 10.6 Å². The van der Waals surface area contributed by atoms with Crippen molar-refractivity contribution in [2.75, 3.05) is 19.0 Å². The van der Waals surface area contributed by atoms with Crippen LogP contribution in [0.15, 0.2) is 46.5 Å². The number of hydrogen-bond acceptors (Lipinski definition) is 6. The van der Waals surface area contributed by atoms with Gasteiger partial charge in [-0.25, -0.2) is 9.59 Å². The Morgan fingerprint density at radius 3 is 2.56 bits per heavy atom. The van der Waals surface area contributed by atoms with Gasteiger partial charge in [0.15, 0.2) is 0 Å². The van der Waals surface area contributed by atoms with Crippen molar-refractivity contribution in [3.63, 3.8) is 0 Å². The number of esters is 2. The van der Waals surface area contributed by atoms with Gasteiger partial charge in [-0.15, -0.1) is 11.8 Å². The number of ether oxygens (including phenoxy) is 2. The van der Waals surface area contributed by atoms with Crippen molar-refractivity contribution in [3.05, 3.63) is 41.6 Å². The molecule has 8 heteroatoms. The van der Waals surface area contributed by atoms with Crippen LogP contribution in [-0.4, -0.2) is 43.0 Å². The number of urea groups is 1. The van der Waals surface area contributed by atoms with Crippen LogP contribution in [0.25, 0.3) is 0 Å². The van der Waals surface area contributed by atoms with Crippen LogP contribution in [0.4, 0.5) is 4.79 Å². The summed E-state index contributed by atoms with van der Waals surface area (Å²) >= 11 is 1.56. The van der Waals surface area contributed by atoms with Crippen molar-refractivity contribution in [1.29, 1.82) is 0 Å². The lowest BCUT2D eigenvalue weighted by Gasteiger charge is -2.28.